The number of thiazole rings is 1. The molecule has 0 aliphatic rings. The first-order valence-electron chi connectivity index (χ1n) is 9.65. The van der Waals surface area contributed by atoms with Crippen molar-refractivity contribution < 1.29 is 19.3 Å². The van der Waals surface area contributed by atoms with Crippen LogP contribution < -0.4 is 19.0 Å². The molecule has 3 aromatic rings. The molecule has 0 bridgehead atoms. The molecule has 0 saturated carbocycles. The van der Waals surface area contributed by atoms with Crippen molar-refractivity contribution >= 4 is 17.6 Å². The normalized spacial score (nSPS) is 11.6. The van der Waals surface area contributed by atoms with Gasteiger partial charge in [-0.2, -0.15) is 5.10 Å². The minimum absolute atomic E-state index is 0.0886. The van der Waals surface area contributed by atoms with Crippen LogP contribution in [0.1, 0.15) is 12.5 Å². The zero-order valence-electron chi connectivity index (χ0n) is 17.7. The van der Waals surface area contributed by atoms with Gasteiger partial charge in [0.25, 0.3) is 0 Å². The summed E-state index contributed by atoms with van der Waals surface area (Å²) in [5.74, 6) is 1.90. The molecule has 0 unspecified atom stereocenters. The van der Waals surface area contributed by atoms with Crippen LogP contribution >= 0.6 is 11.3 Å². The Morgan fingerprint density at radius 2 is 1.97 bits per heavy atom. The molecule has 0 fully saturated rings. The van der Waals surface area contributed by atoms with E-state index in [-0.39, 0.29) is 5.75 Å². The fourth-order valence-corrected chi connectivity index (χ4v) is 3.71. The molecular formula is C23H25N3O4S. The predicted octanol–water partition coefficient (Wildman–Crippen LogP) is 4.31. The quantitative estimate of drug-likeness (QED) is 0.398. The average Bonchev–Trinajstić information content (AvgIpc) is 3.20. The Kier molecular flexibility index (Phi) is 7.50. The number of nitrogens with zero attached hydrogens (tertiary/aromatic N) is 3. The third kappa shape index (κ3) is 5.16. The third-order valence-corrected chi connectivity index (χ3v) is 5.18. The van der Waals surface area contributed by atoms with Crippen molar-refractivity contribution in [2.45, 2.75) is 6.92 Å². The number of phenols is 1. The SMILES string of the molecule is C=CCN=c1scc(-c2cc(OC)ccc2OC)n1N=Cc1ccc(O)c(OCC)c1. The van der Waals surface area contributed by atoms with Crippen LogP contribution in [0, 0.1) is 0 Å². The third-order valence-electron chi connectivity index (χ3n) is 4.33. The molecule has 2 aromatic carbocycles. The van der Waals surface area contributed by atoms with Gasteiger partial charge in [0.2, 0.25) is 4.80 Å². The van der Waals surface area contributed by atoms with Gasteiger partial charge in [-0.1, -0.05) is 6.08 Å². The Balaban J connectivity index is 2.12. The summed E-state index contributed by atoms with van der Waals surface area (Å²) < 4.78 is 18.2. The van der Waals surface area contributed by atoms with Crippen molar-refractivity contribution in [3.8, 4) is 34.3 Å². The molecule has 0 saturated heterocycles. The number of phenolic OH excluding ortho intramolecular Hbond substituents is 1. The number of aromatic hydroxyl groups is 1. The second-order valence-corrected chi connectivity index (χ2v) is 7.15. The summed E-state index contributed by atoms with van der Waals surface area (Å²) in [6, 6.07) is 10.7. The minimum atomic E-state index is 0.0886. The summed E-state index contributed by atoms with van der Waals surface area (Å²) in [6.07, 6.45) is 3.42. The standard InChI is InChI=1S/C23H25N3O4S/c1-5-11-24-23-26(25-14-16-7-9-20(27)22(12-16)30-6-2)19(15-31-23)18-13-17(28-3)8-10-21(18)29-4/h5,7-10,12-15,27H,1,6,11H2,2-4H3. The molecule has 3 rings (SSSR count). The molecule has 7 nitrogen and oxygen atoms in total. The lowest BCUT2D eigenvalue weighted by molar-refractivity contribution is 0.318. The highest BCUT2D eigenvalue weighted by Gasteiger charge is 2.14. The van der Waals surface area contributed by atoms with Crippen molar-refractivity contribution in [3.63, 3.8) is 0 Å². The maximum atomic E-state index is 9.94. The molecule has 1 heterocycles. The molecule has 0 aliphatic carbocycles. The highest BCUT2D eigenvalue weighted by Crippen LogP contribution is 2.34. The molecule has 0 spiro atoms. The predicted molar refractivity (Wildman–Crippen MR) is 124 cm³/mol. The van der Waals surface area contributed by atoms with Gasteiger partial charge in [0.15, 0.2) is 11.5 Å². The van der Waals surface area contributed by atoms with Crippen molar-refractivity contribution in [1.29, 1.82) is 0 Å². The summed E-state index contributed by atoms with van der Waals surface area (Å²) in [5, 5.41) is 16.6. The van der Waals surface area contributed by atoms with Crippen LogP contribution in [0.4, 0.5) is 0 Å². The number of hydrogen-bond acceptors (Lipinski definition) is 7. The summed E-state index contributed by atoms with van der Waals surface area (Å²) in [7, 11) is 3.25. The summed E-state index contributed by atoms with van der Waals surface area (Å²) in [4.78, 5) is 5.26. The number of hydrogen-bond donors (Lipinski definition) is 1. The van der Waals surface area contributed by atoms with Crippen LogP contribution in [0.3, 0.4) is 0 Å². The molecule has 1 N–H and O–H groups in total. The van der Waals surface area contributed by atoms with E-state index < -0.39 is 0 Å². The molecule has 0 amide bonds. The molecule has 8 heteroatoms. The Bertz CT molecular complexity index is 1150. The van der Waals surface area contributed by atoms with Gasteiger partial charge in [0.05, 0.1) is 39.3 Å². The Morgan fingerprint density at radius 3 is 2.68 bits per heavy atom. The lowest BCUT2D eigenvalue weighted by Crippen LogP contribution is -2.12. The van der Waals surface area contributed by atoms with E-state index >= 15 is 0 Å². The number of methoxy groups -OCH3 is 2. The smallest absolute Gasteiger partial charge is 0.206 e. The lowest BCUT2D eigenvalue weighted by Gasteiger charge is -2.11. The van der Waals surface area contributed by atoms with Crippen molar-refractivity contribution in [3.05, 3.63) is 64.8 Å². The van der Waals surface area contributed by atoms with Crippen LogP contribution in [0.25, 0.3) is 11.3 Å². The van der Waals surface area contributed by atoms with Gasteiger partial charge in [-0.15, -0.1) is 17.9 Å². The second-order valence-electron chi connectivity index (χ2n) is 6.32. The van der Waals surface area contributed by atoms with E-state index in [1.165, 1.54) is 11.3 Å². The summed E-state index contributed by atoms with van der Waals surface area (Å²) in [5.41, 5.74) is 2.41. The van der Waals surface area contributed by atoms with E-state index in [9.17, 15) is 5.11 Å². The molecular weight excluding hydrogens is 414 g/mol. The fourth-order valence-electron chi connectivity index (χ4n) is 2.87. The van der Waals surface area contributed by atoms with Crippen LogP contribution in [0.15, 0.2) is 64.5 Å². The monoisotopic (exact) mass is 439 g/mol. The average molecular weight is 440 g/mol. The van der Waals surface area contributed by atoms with Crippen LogP contribution in [-0.2, 0) is 0 Å². The number of benzene rings is 2. The zero-order valence-corrected chi connectivity index (χ0v) is 18.6. The summed E-state index contributed by atoms with van der Waals surface area (Å²) >= 11 is 1.47. The highest BCUT2D eigenvalue weighted by atomic mass is 32.1. The molecule has 31 heavy (non-hydrogen) atoms. The van der Waals surface area contributed by atoms with Gasteiger partial charge >= 0.3 is 0 Å². The number of ether oxygens (including phenoxy) is 3. The van der Waals surface area contributed by atoms with E-state index in [4.69, 9.17) is 14.2 Å². The van der Waals surface area contributed by atoms with E-state index in [1.54, 1.807) is 49.4 Å². The second kappa shape index (κ2) is 10.5. The number of rotatable bonds is 9. The van der Waals surface area contributed by atoms with E-state index in [0.717, 1.165) is 16.8 Å². The van der Waals surface area contributed by atoms with Crippen LogP contribution in [0.5, 0.6) is 23.0 Å². The molecule has 0 radical (unpaired) electrons. The van der Waals surface area contributed by atoms with E-state index in [1.807, 2.05) is 30.5 Å². The molecule has 0 atom stereocenters. The Morgan fingerprint density at radius 1 is 1.13 bits per heavy atom. The van der Waals surface area contributed by atoms with Crippen molar-refractivity contribution in [1.82, 2.24) is 4.68 Å². The first-order chi connectivity index (χ1) is 15.1. The van der Waals surface area contributed by atoms with Gasteiger partial charge < -0.3 is 19.3 Å². The van der Waals surface area contributed by atoms with E-state index in [0.29, 0.717) is 35.2 Å². The largest absolute Gasteiger partial charge is 0.504 e. The fraction of sp³-hybridized carbons (Fsp3) is 0.217. The molecule has 0 aliphatic heterocycles. The van der Waals surface area contributed by atoms with Gasteiger partial charge in [-0.05, 0) is 48.9 Å². The van der Waals surface area contributed by atoms with Crippen molar-refractivity contribution in [2.24, 2.45) is 10.1 Å². The maximum Gasteiger partial charge on any atom is 0.206 e. The summed E-state index contributed by atoms with van der Waals surface area (Å²) in [6.45, 7) is 6.53. The topological polar surface area (TPSA) is 77.6 Å². The first kappa shape index (κ1) is 22.2. The van der Waals surface area contributed by atoms with Crippen LogP contribution in [-0.4, -0.2) is 43.4 Å². The molecule has 1 aromatic heterocycles. The first-order valence-corrected chi connectivity index (χ1v) is 10.5. The maximum absolute atomic E-state index is 9.94. The molecule has 162 valence electrons. The van der Waals surface area contributed by atoms with Gasteiger partial charge in [0.1, 0.15) is 11.5 Å². The minimum Gasteiger partial charge on any atom is -0.504 e. The Labute approximate surface area is 185 Å². The van der Waals surface area contributed by atoms with Gasteiger partial charge in [-0.25, -0.2) is 4.68 Å². The van der Waals surface area contributed by atoms with Crippen LogP contribution in [0.2, 0.25) is 0 Å². The highest BCUT2D eigenvalue weighted by molar-refractivity contribution is 7.07. The van der Waals surface area contributed by atoms with E-state index in [2.05, 4.69) is 16.7 Å². The van der Waals surface area contributed by atoms with Gasteiger partial charge in [-0.3, -0.25) is 4.99 Å². The zero-order chi connectivity index (χ0) is 22.2. The van der Waals surface area contributed by atoms with Crippen molar-refractivity contribution in [2.75, 3.05) is 27.4 Å². The Hall–Kier alpha value is -3.52. The number of aromatic nitrogens is 1. The van der Waals surface area contributed by atoms with Gasteiger partial charge in [0, 0.05) is 10.9 Å². The lowest BCUT2D eigenvalue weighted by atomic mass is 10.1.